The van der Waals surface area contributed by atoms with Crippen LogP contribution < -0.4 is 9.47 Å². The topological polar surface area (TPSA) is 92.8 Å². The van der Waals surface area contributed by atoms with Crippen molar-refractivity contribution in [2.24, 2.45) is 0 Å². The van der Waals surface area contributed by atoms with Gasteiger partial charge in [0.2, 0.25) is 5.78 Å². The van der Waals surface area contributed by atoms with Crippen molar-refractivity contribution in [2.75, 3.05) is 19.8 Å². The van der Waals surface area contributed by atoms with Crippen LogP contribution in [0.25, 0.3) is 5.82 Å². The maximum Gasteiger partial charge on any atom is 0.338 e. The van der Waals surface area contributed by atoms with Gasteiger partial charge in [0.15, 0.2) is 23.9 Å². The van der Waals surface area contributed by atoms with Crippen LogP contribution in [-0.4, -0.2) is 41.3 Å². The summed E-state index contributed by atoms with van der Waals surface area (Å²) in [5.41, 5.74) is 2.27. The van der Waals surface area contributed by atoms with Crippen molar-refractivity contribution >= 4 is 11.8 Å². The predicted molar refractivity (Wildman–Crippen MR) is 113 cm³/mol. The summed E-state index contributed by atoms with van der Waals surface area (Å²) in [4.78, 5) is 25.2. The van der Waals surface area contributed by atoms with Gasteiger partial charge in [-0.15, -0.1) is 0 Å². The Morgan fingerprint density at radius 2 is 1.71 bits per heavy atom. The molecule has 8 nitrogen and oxygen atoms in total. The maximum absolute atomic E-state index is 12.7. The second kappa shape index (κ2) is 9.51. The van der Waals surface area contributed by atoms with Crippen LogP contribution in [0.1, 0.15) is 51.7 Å². The van der Waals surface area contributed by atoms with E-state index in [2.05, 4.69) is 5.16 Å². The molecule has 0 unspecified atom stereocenters. The zero-order valence-electron chi connectivity index (χ0n) is 18.4. The van der Waals surface area contributed by atoms with Gasteiger partial charge in [-0.3, -0.25) is 9.36 Å². The van der Waals surface area contributed by atoms with E-state index in [9.17, 15) is 9.59 Å². The van der Waals surface area contributed by atoms with Gasteiger partial charge in [0.05, 0.1) is 18.8 Å². The third kappa shape index (κ3) is 4.79. The molecule has 2 aromatic heterocycles. The number of Topliss-reactive ketones (excluding diaryl/α,β-unsaturated/α-hetero) is 1. The van der Waals surface area contributed by atoms with Crippen molar-refractivity contribution in [1.82, 2.24) is 9.72 Å². The highest BCUT2D eigenvalue weighted by Gasteiger charge is 2.20. The second-order valence-corrected chi connectivity index (χ2v) is 6.94. The van der Waals surface area contributed by atoms with E-state index in [1.165, 1.54) is 0 Å². The van der Waals surface area contributed by atoms with Gasteiger partial charge in [-0.25, -0.2) is 4.79 Å². The summed E-state index contributed by atoms with van der Waals surface area (Å²) in [7, 11) is 0. The summed E-state index contributed by atoms with van der Waals surface area (Å²) in [5, 5.41) is 4.01. The van der Waals surface area contributed by atoms with E-state index >= 15 is 0 Å². The summed E-state index contributed by atoms with van der Waals surface area (Å²) in [6.07, 6.45) is 0. The molecule has 0 aliphatic rings. The van der Waals surface area contributed by atoms with Gasteiger partial charge in [-0.05, 0) is 58.9 Å². The van der Waals surface area contributed by atoms with Crippen LogP contribution in [0.4, 0.5) is 0 Å². The number of esters is 1. The summed E-state index contributed by atoms with van der Waals surface area (Å²) in [6.45, 7) is 9.72. The average Bonchev–Trinajstić information content (AvgIpc) is 3.29. The molecule has 0 radical (unpaired) electrons. The third-order valence-corrected chi connectivity index (χ3v) is 4.69. The van der Waals surface area contributed by atoms with Crippen molar-refractivity contribution in [3.05, 3.63) is 58.6 Å². The van der Waals surface area contributed by atoms with E-state index in [0.717, 1.165) is 5.69 Å². The van der Waals surface area contributed by atoms with Gasteiger partial charge >= 0.3 is 5.97 Å². The Hall–Kier alpha value is -3.55. The van der Waals surface area contributed by atoms with E-state index in [1.807, 2.05) is 32.3 Å². The van der Waals surface area contributed by atoms with Gasteiger partial charge in [0, 0.05) is 23.0 Å². The average molecular weight is 426 g/mol. The molecule has 0 spiro atoms. The van der Waals surface area contributed by atoms with Crippen molar-refractivity contribution in [1.29, 1.82) is 0 Å². The number of hydrogen-bond acceptors (Lipinski definition) is 7. The Balaban J connectivity index is 1.72. The van der Waals surface area contributed by atoms with Crippen LogP contribution in [0.2, 0.25) is 0 Å². The fourth-order valence-electron chi connectivity index (χ4n) is 3.33. The molecule has 0 amide bonds. The molecule has 0 atom stereocenters. The summed E-state index contributed by atoms with van der Waals surface area (Å²) in [5.74, 6) is 1.36. The van der Waals surface area contributed by atoms with Crippen molar-refractivity contribution < 1.29 is 28.3 Å². The highest BCUT2D eigenvalue weighted by molar-refractivity contribution is 6.00. The first-order chi connectivity index (χ1) is 14.8. The lowest BCUT2D eigenvalue weighted by Crippen LogP contribution is -2.15. The Labute approximate surface area is 180 Å². The van der Waals surface area contributed by atoms with Crippen LogP contribution in [0, 0.1) is 20.8 Å². The van der Waals surface area contributed by atoms with Crippen molar-refractivity contribution in [2.45, 2.75) is 34.6 Å². The Morgan fingerprint density at radius 3 is 2.35 bits per heavy atom. The first-order valence-electron chi connectivity index (χ1n) is 10.1. The fourth-order valence-corrected chi connectivity index (χ4v) is 3.33. The number of hydrogen-bond donors (Lipinski definition) is 0. The number of carbonyl (C=O) groups excluding carboxylic acids is 2. The van der Waals surface area contributed by atoms with Crippen LogP contribution in [0.15, 0.2) is 34.9 Å². The zero-order valence-corrected chi connectivity index (χ0v) is 18.4. The van der Waals surface area contributed by atoms with E-state index in [-0.39, 0.29) is 18.0 Å². The van der Waals surface area contributed by atoms with Crippen LogP contribution in [-0.2, 0) is 4.74 Å². The number of ether oxygens (including phenoxy) is 3. The highest BCUT2D eigenvalue weighted by atomic mass is 16.5. The van der Waals surface area contributed by atoms with Gasteiger partial charge in [-0.2, -0.15) is 0 Å². The van der Waals surface area contributed by atoms with E-state index < -0.39 is 5.97 Å². The van der Waals surface area contributed by atoms with E-state index in [1.54, 1.807) is 37.3 Å². The van der Waals surface area contributed by atoms with Gasteiger partial charge < -0.3 is 18.7 Å². The van der Waals surface area contributed by atoms with Crippen LogP contribution in [0.3, 0.4) is 0 Å². The molecule has 0 bridgehead atoms. The molecular formula is C23H26N2O6. The highest BCUT2D eigenvalue weighted by Crippen LogP contribution is 2.29. The maximum atomic E-state index is 12.7. The SMILES string of the molecule is CCOc1ccc(C(=O)OCC(=O)c2cc(C)n(-c3cc(C)on3)c2C)cc1OCC. The summed E-state index contributed by atoms with van der Waals surface area (Å²) in [6, 6.07) is 8.33. The molecule has 0 saturated carbocycles. The fraction of sp³-hybridized carbons (Fsp3) is 0.348. The molecular weight excluding hydrogens is 400 g/mol. The molecule has 0 aliphatic carbocycles. The number of carbonyl (C=O) groups is 2. The summed E-state index contributed by atoms with van der Waals surface area (Å²) >= 11 is 0. The number of nitrogens with zero attached hydrogens (tertiary/aromatic N) is 2. The molecule has 3 aromatic rings. The van der Waals surface area contributed by atoms with Gasteiger partial charge in [-0.1, -0.05) is 5.16 Å². The minimum absolute atomic E-state index is 0.281. The first kappa shape index (κ1) is 22.1. The van der Waals surface area contributed by atoms with Crippen molar-refractivity contribution in [3.63, 3.8) is 0 Å². The lowest BCUT2D eigenvalue weighted by molar-refractivity contribution is 0.0474. The monoisotopic (exact) mass is 426 g/mol. The standard InChI is InChI=1S/C23H26N2O6/c1-6-28-20-9-8-17(12-21(20)29-7-2)23(27)30-13-19(26)18-10-14(3)25(16(18)5)22-11-15(4)31-24-22/h8-12H,6-7,13H2,1-5H3. The number of rotatable bonds is 9. The Bertz CT molecular complexity index is 1100. The number of ketones is 1. The van der Waals surface area contributed by atoms with Gasteiger partial charge in [0.25, 0.3) is 0 Å². The van der Waals surface area contributed by atoms with Crippen LogP contribution >= 0.6 is 0 Å². The Kier molecular flexibility index (Phi) is 6.79. The quantitative estimate of drug-likeness (QED) is 0.373. The minimum Gasteiger partial charge on any atom is -0.490 e. The molecule has 0 aliphatic heterocycles. The lowest BCUT2D eigenvalue weighted by atomic mass is 10.1. The number of aryl methyl sites for hydroxylation is 2. The van der Waals surface area contributed by atoms with Crippen LogP contribution in [0.5, 0.6) is 11.5 Å². The van der Waals surface area contributed by atoms with E-state index in [0.29, 0.717) is 47.5 Å². The third-order valence-electron chi connectivity index (χ3n) is 4.69. The molecule has 1 aromatic carbocycles. The summed E-state index contributed by atoms with van der Waals surface area (Å²) < 4.78 is 23.3. The molecule has 0 saturated heterocycles. The molecule has 3 rings (SSSR count). The Morgan fingerprint density at radius 1 is 1.00 bits per heavy atom. The lowest BCUT2D eigenvalue weighted by Gasteiger charge is -2.12. The molecule has 164 valence electrons. The van der Waals surface area contributed by atoms with Gasteiger partial charge in [0.1, 0.15) is 5.76 Å². The molecule has 2 heterocycles. The number of benzene rings is 1. The molecule has 8 heteroatoms. The second-order valence-electron chi connectivity index (χ2n) is 6.94. The normalized spacial score (nSPS) is 10.7. The smallest absolute Gasteiger partial charge is 0.338 e. The molecule has 0 N–H and O–H groups in total. The number of aromatic nitrogens is 2. The predicted octanol–water partition coefficient (Wildman–Crippen LogP) is 4.23. The van der Waals surface area contributed by atoms with Crippen molar-refractivity contribution in [3.8, 4) is 17.3 Å². The largest absolute Gasteiger partial charge is 0.490 e. The van der Waals surface area contributed by atoms with E-state index in [4.69, 9.17) is 18.7 Å². The zero-order chi connectivity index (χ0) is 22.5. The minimum atomic E-state index is -0.613. The molecule has 31 heavy (non-hydrogen) atoms. The first-order valence-corrected chi connectivity index (χ1v) is 10.1. The molecule has 0 fully saturated rings.